The number of nitrogens with one attached hydrogen (secondary N) is 1. The molecule has 0 aromatic heterocycles. The van der Waals surface area contributed by atoms with Crippen molar-refractivity contribution in [1.29, 1.82) is 0 Å². The van der Waals surface area contributed by atoms with Crippen LogP contribution in [-0.2, 0) is 9.63 Å². The van der Waals surface area contributed by atoms with Crippen LogP contribution in [0.15, 0.2) is 17.3 Å². The maximum Gasteiger partial charge on any atom is 0.141 e. The van der Waals surface area contributed by atoms with Crippen LogP contribution in [-0.4, -0.2) is 42.4 Å². The van der Waals surface area contributed by atoms with Crippen LogP contribution in [0.1, 0.15) is 64.7 Å². The fraction of sp³-hybridized carbons (Fsp3) is 0.833. The summed E-state index contributed by atoms with van der Waals surface area (Å²) in [6, 6.07) is 0. The molecule has 0 bridgehead atoms. The van der Waals surface area contributed by atoms with Crippen molar-refractivity contribution in [3.05, 3.63) is 12.2 Å². The highest BCUT2D eigenvalue weighted by molar-refractivity contribution is 5.87. The minimum absolute atomic E-state index is 0.0350. The third-order valence-electron chi connectivity index (χ3n) is 9.51. The number of aliphatic hydroxyl groups is 1. The number of carbonyl (C=O) groups is 1. The summed E-state index contributed by atoms with van der Waals surface area (Å²) in [6.45, 7) is 8.89. The van der Waals surface area contributed by atoms with Gasteiger partial charge in [0.05, 0.1) is 5.71 Å². The van der Waals surface area contributed by atoms with Crippen LogP contribution in [0.25, 0.3) is 0 Å². The maximum absolute atomic E-state index is 12.7. The van der Waals surface area contributed by atoms with Crippen molar-refractivity contribution in [3.63, 3.8) is 0 Å². The number of rotatable bonds is 3. The summed E-state index contributed by atoms with van der Waals surface area (Å²) in [7, 11) is 0. The monoisotopic (exact) mass is 400 g/mol. The van der Waals surface area contributed by atoms with E-state index < -0.39 is 0 Å². The molecular weight excluding hydrogens is 364 g/mol. The fourth-order valence-corrected chi connectivity index (χ4v) is 7.79. The summed E-state index contributed by atoms with van der Waals surface area (Å²) in [4.78, 5) is 18.5. The zero-order valence-corrected chi connectivity index (χ0v) is 17.8. The predicted octanol–water partition coefficient (Wildman–Crippen LogP) is 3.47. The van der Waals surface area contributed by atoms with Gasteiger partial charge in [-0.3, -0.25) is 4.79 Å². The average Bonchev–Trinajstić information content (AvgIpc) is 3.34. The molecule has 29 heavy (non-hydrogen) atoms. The molecule has 1 heterocycles. The van der Waals surface area contributed by atoms with E-state index in [9.17, 15) is 9.90 Å². The van der Waals surface area contributed by atoms with Crippen molar-refractivity contribution in [2.75, 3.05) is 19.7 Å². The highest BCUT2D eigenvalue weighted by Gasteiger charge is 2.62. The summed E-state index contributed by atoms with van der Waals surface area (Å²) < 4.78 is 0. The molecule has 5 rings (SSSR count). The van der Waals surface area contributed by atoms with Crippen LogP contribution in [0.3, 0.4) is 0 Å². The molecule has 2 N–H and O–H groups in total. The van der Waals surface area contributed by atoms with E-state index in [0.29, 0.717) is 29.5 Å². The molecule has 4 saturated carbocycles. The molecule has 0 aromatic carbocycles. The maximum atomic E-state index is 12.7. The summed E-state index contributed by atoms with van der Waals surface area (Å²) in [5.41, 5.74) is 2.30. The highest BCUT2D eigenvalue weighted by Crippen LogP contribution is 2.66. The van der Waals surface area contributed by atoms with Gasteiger partial charge in [0, 0.05) is 36.8 Å². The number of oxime groups is 1. The lowest BCUT2D eigenvalue weighted by atomic mass is 9.44. The Morgan fingerprint density at radius 2 is 2.07 bits per heavy atom. The number of hydrogen-bond acceptors (Lipinski definition) is 5. The van der Waals surface area contributed by atoms with Gasteiger partial charge < -0.3 is 15.3 Å². The van der Waals surface area contributed by atoms with Gasteiger partial charge in [0.1, 0.15) is 11.9 Å². The minimum atomic E-state index is -0.155. The quantitative estimate of drug-likeness (QED) is 0.562. The first-order valence-corrected chi connectivity index (χ1v) is 11.7. The second kappa shape index (κ2) is 7.19. The number of allylic oxidation sites excluding steroid dienone is 1. The lowest BCUT2D eigenvalue weighted by Gasteiger charge is -2.60. The second-order valence-electron chi connectivity index (χ2n) is 10.7. The lowest BCUT2D eigenvalue weighted by molar-refractivity contribution is -0.136. The Balaban J connectivity index is 1.38. The van der Waals surface area contributed by atoms with E-state index in [4.69, 9.17) is 4.84 Å². The summed E-state index contributed by atoms with van der Waals surface area (Å²) >= 11 is 0. The zero-order chi connectivity index (χ0) is 20.2. The van der Waals surface area contributed by atoms with Crippen LogP contribution >= 0.6 is 0 Å². The van der Waals surface area contributed by atoms with E-state index in [1.54, 1.807) is 0 Å². The minimum Gasteiger partial charge on any atom is -0.396 e. The Hall–Kier alpha value is -1.20. The van der Waals surface area contributed by atoms with Crippen molar-refractivity contribution < 1.29 is 14.7 Å². The lowest BCUT2D eigenvalue weighted by Crippen LogP contribution is -2.57. The van der Waals surface area contributed by atoms with E-state index in [1.807, 2.05) is 0 Å². The number of Topliss-reactive ketones (excluding diaryl/α,β-unsaturated/α-hetero) is 1. The first-order chi connectivity index (χ1) is 14.0. The second-order valence-corrected chi connectivity index (χ2v) is 10.7. The van der Waals surface area contributed by atoms with Gasteiger partial charge in [-0.1, -0.05) is 24.2 Å². The molecule has 0 aromatic rings. The molecule has 1 saturated heterocycles. The van der Waals surface area contributed by atoms with E-state index in [1.165, 1.54) is 5.57 Å². The van der Waals surface area contributed by atoms with Crippen LogP contribution in [0.5, 0.6) is 0 Å². The molecule has 7 atom stereocenters. The van der Waals surface area contributed by atoms with Crippen molar-refractivity contribution in [3.8, 4) is 0 Å². The van der Waals surface area contributed by atoms with Gasteiger partial charge in [0.15, 0.2) is 0 Å². The molecule has 5 unspecified atom stereocenters. The smallest absolute Gasteiger partial charge is 0.141 e. The van der Waals surface area contributed by atoms with Gasteiger partial charge in [-0.2, -0.15) is 0 Å². The number of nitrogens with zero attached hydrogens (tertiary/aromatic N) is 1. The topological polar surface area (TPSA) is 70.9 Å². The van der Waals surface area contributed by atoms with Gasteiger partial charge in [-0.15, -0.1) is 0 Å². The van der Waals surface area contributed by atoms with Gasteiger partial charge in [0.2, 0.25) is 0 Å². The van der Waals surface area contributed by atoms with Crippen LogP contribution < -0.4 is 5.32 Å². The SMILES string of the molecule is C=C1CC2C/C(=N/OC3CCNC3)CC[C@]2(CO)C2CC[C@]3(C)C(=O)CCC3C12. The molecule has 1 aliphatic heterocycles. The zero-order valence-electron chi connectivity index (χ0n) is 17.8. The molecule has 5 aliphatic rings. The molecule has 4 aliphatic carbocycles. The van der Waals surface area contributed by atoms with E-state index in [0.717, 1.165) is 76.6 Å². The molecular formula is C24H36N2O3. The molecule has 5 heteroatoms. The van der Waals surface area contributed by atoms with Gasteiger partial charge in [-0.05, 0) is 75.2 Å². The standard InChI is InChI=1S/C24H36N2O3/c1-15-11-16-12-17(26-29-18-7-10-25-13-18)5-9-24(16,14-27)20-6-8-23(2)19(22(15)20)3-4-21(23)28/h16,18-20,22,25,27H,1,3-14H2,2H3/b26-17+/t16?,18?,19?,20?,22?,23-,24+/m0/s1. The Labute approximate surface area is 174 Å². The van der Waals surface area contributed by atoms with Crippen molar-refractivity contribution in [2.24, 2.45) is 39.7 Å². The van der Waals surface area contributed by atoms with Gasteiger partial charge in [0.25, 0.3) is 0 Å². The largest absolute Gasteiger partial charge is 0.396 e. The summed E-state index contributed by atoms with van der Waals surface area (Å²) in [5.74, 6) is 2.16. The Bertz CT molecular complexity index is 728. The molecule has 160 valence electrons. The molecule has 0 amide bonds. The van der Waals surface area contributed by atoms with Gasteiger partial charge in [-0.25, -0.2) is 0 Å². The Morgan fingerprint density at radius 1 is 1.21 bits per heavy atom. The summed E-state index contributed by atoms with van der Waals surface area (Å²) in [5, 5.41) is 18.5. The van der Waals surface area contributed by atoms with Crippen LogP contribution in [0.4, 0.5) is 0 Å². The number of fused-ring (bicyclic) bond motifs is 5. The van der Waals surface area contributed by atoms with Crippen molar-refractivity contribution in [1.82, 2.24) is 5.32 Å². The number of hydrogen-bond donors (Lipinski definition) is 2. The average molecular weight is 401 g/mol. The van der Waals surface area contributed by atoms with Gasteiger partial charge >= 0.3 is 0 Å². The van der Waals surface area contributed by atoms with Crippen molar-refractivity contribution >= 4 is 11.5 Å². The Morgan fingerprint density at radius 3 is 2.83 bits per heavy atom. The third-order valence-corrected chi connectivity index (χ3v) is 9.51. The molecule has 0 spiro atoms. The van der Waals surface area contributed by atoms with E-state index >= 15 is 0 Å². The molecule has 0 radical (unpaired) electrons. The molecule has 5 fully saturated rings. The number of ketones is 1. The summed E-state index contributed by atoms with van der Waals surface area (Å²) in [6.07, 6.45) is 8.81. The fourth-order valence-electron chi connectivity index (χ4n) is 7.79. The predicted molar refractivity (Wildman–Crippen MR) is 112 cm³/mol. The molecule has 5 nitrogen and oxygen atoms in total. The number of carbonyl (C=O) groups excluding carboxylic acids is 1. The first kappa shape index (κ1) is 19.7. The highest BCUT2D eigenvalue weighted by atomic mass is 16.6. The third kappa shape index (κ3) is 2.95. The van der Waals surface area contributed by atoms with E-state index in [-0.39, 0.29) is 23.5 Å². The Kier molecular flexibility index (Phi) is 4.90. The van der Waals surface area contributed by atoms with Crippen LogP contribution in [0, 0.1) is 34.5 Å². The first-order valence-electron chi connectivity index (χ1n) is 11.7. The van der Waals surface area contributed by atoms with Crippen molar-refractivity contribution in [2.45, 2.75) is 70.8 Å². The number of aliphatic hydroxyl groups excluding tert-OH is 1. The van der Waals surface area contributed by atoms with Crippen LogP contribution in [0.2, 0.25) is 0 Å². The normalized spacial score (nSPS) is 48.3. The van der Waals surface area contributed by atoms with E-state index in [2.05, 4.69) is 24.0 Å².